The smallest absolute Gasteiger partial charge is 0.0552 e. The summed E-state index contributed by atoms with van der Waals surface area (Å²) in [5.41, 5.74) is 0. The molecule has 10 heavy (non-hydrogen) atoms. The van der Waals surface area contributed by atoms with Crippen molar-refractivity contribution >= 4 is 11.8 Å². The van der Waals surface area contributed by atoms with E-state index in [2.05, 4.69) is 19.0 Å². The van der Waals surface area contributed by atoms with Gasteiger partial charge in [-0.15, -0.1) is 0 Å². The molecule has 3 heteroatoms. The number of nitrogens with zero attached hydrogens (tertiary/aromatic N) is 1. The monoisotopic (exact) mass is 163 g/mol. The van der Waals surface area contributed by atoms with Gasteiger partial charge in [-0.05, 0) is 14.1 Å². The second kappa shape index (κ2) is 7.38. The molecule has 0 aromatic rings. The molecule has 0 radical (unpaired) electrons. The van der Waals surface area contributed by atoms with Crippen molar-refractivity contribution in [2.24, 2.45) is 0 Å². The highest BCUT2D eigenvalue weighted by Crippen LogP contribution is 1.98. The first-order valence-corrected chi connectivity index (χ1v) is 4.64. The molecule has 0 heterocycles. The Morgan fingerprint density at radius 3 is 2.50 bits per heavy atom. The van der Waals surface area contributed by atoms with E-state index >= 15 is 0 Å². The van der Waals surface area contributed by atoms with E-state index in [-0.39, 0.29) is 0 Å². The van der Waals surface area contributed by atoms with Crippen molar-refractivity contribution in [1.29, 1.82) is 0 Å². The maximum absolute atomic E-state index is 4.91. The van der Waals surface area contributed by atoms with Gasteiger partial charge in [-0.2, -0.15) is 11.8 Å². The van der Waals surface area contributed by atoms with Crippen LogP contribution in [0, 0.1) is 0 Å². The van der Waals surface area contributed by atoms with Crippen LogP contribution in [-0.2, 0) is 4.74 Å². The Labute approximate surface area is 67.9 Å². The number of thioether (sulfide) groups is 1. The third-order valence-electron chi connectivity index (χ3n) is 1.11. The minimum absolute atomic E-state index is 0.873. The Hall–Kier alpha value is 0.270. The fourth-order valence-corrected chi connectivity index (χ4v) is 1.47. The molecule has 0 fully saturated rings. The number of ether oxygens (including phenoxy) is 1. The second-order valence-corrected chi connectivity index (χ2v) is 3.63. The lowest BCUT2D eigenvalue weighted by molar-refractivity contribution is 0.218. The average Bonchev–Trinajstić information content (AvgIpc) is 1.87. The summed E-state index contributed by atoms with van der Waals surface area (Å²) in [5, 5.41) is 0. The second-order valence-electron chi connectivity index (χ2n) is 2.41. The van der Waals surface area contributed by atoms with E-state index in [0.717, 1.165) is 18.9 Å². The first-order chi connectivity index (χ1) is 4.77. The van der Waals surface area contributed by atoms with Gasteiger partial charge in [0.25, 0.3) is 0 Å². The highest BCUT2D eigenvalue weighted by molar-refractivity contribution is 7.99. The Balaban J connectivity index is 2.77. The third-order valence-corrected chi connectivity index (χ3v) is 2.04. The van der Waals surface area contributed by atoms with Crippen molar-refractivity contribution in [2.45, 2.75) is 0 Å². The lowest BCUT2D eigenvalue weighted by atomic mass is 10.7. The Morgan fingerprint density at radius 2 is 2.00 bits per heavy atom. The van der Waals surface area contributed by atoms with Crippen molar-refractivity contribution in [3.05, 3.63) is 0 Å². The van der Waals surface area contributed by atoms with Gasteiger partial charge in [-0.1, -0.05) is 0 Å². The molecule has 62 valence electrons. The molecule has 0 aliphatic carbocycles. The van der Waals surface area contributed by atoms with Crippen molar-refractivity contribution in [3.63, 3.8) is 0 Å². The maximum Gasteiger partial charge on any atom is 0.0552 e. The largest absolute Gasteiger partial charge is 0.384 e. The Kier molecular flexibility index (Phi) is 7.58. The van der Waals surface area contributed by atoms with Crippen molar-refractivity contribution in [2.75, 3.05) is 45.9 Å². The van der Waals surface area contributed by atoms with Crippen molar-refractivity contribution in [1.82, 2.24) is 4.90 Å². The summed E-state index contributed by atoms with van der Waals surface area (Å²) in [6.07, 6.45) is 0. The summed E-state index contributed by atoms with van der Waals surface area (Å²) in [4.78, 5) is 2.19. The van der Waals surface area contributed by atoms with Gasteiger partial charge in [-0.25, -0.2) is 0 Å². The molecule has 0 aliphatic heterocycles. The van der Waals surface area contributed by atoms with Gasteiger partial charge in [-0.3, -0.25) is 0 Å². The zero-order valence-electron chi connectivity index (χ0n) is 7.09. The minimum Gasteiger partial charge on any atom is -0.384 e. The molecule has 0 bridgehead atoms. The predicted molar refractivity (Wildman–Crippen MR) is 47.8 cm³/mol. The van der Waals surface area contributed by atoms with E-state index in [1.807, 2.05) is 11.8 Å². The van der Waals surface area contributed by atoms with Gasteiger partial charge in [0.15, 0.2) is 0 Å². The van der Waals surface area contributed by atoms with E-state index in [9.17, 15) is 0 Å². The Bertz CT molecular complexity index is 68.6. The van der Waals surface area contributed by atoms with Gasteiger partial charge in [0.1, 0.15) is 0 Å². The molecule has 0 amide bonds. The minimum atomic E-state index is 0.873. The summed E-state index contributed by atoms with van der Waals surface area (Å²) >= 11 is 1.94. The molecule has 0 N–H and O–H groups in total. The molecular weight excluding hydrogens is 146 g/mol. The molecule has 0 spiro atoms. The van der Waals surface area contributed by atoms with E-state index in [1.54, 1.807) is 7.11 Å². The molecular formula is C7H17NOS. The van der Waals surface area contributed by atoms with Crippen molar-refractivity contribution in [3.8, 4) is 0 Å². The number of rotatable bonds is 6. The zero-order chi connectivity index (χ0) is 7.82. The predicted octanol–water partition coefficient (Wildman–Crippen LogP) is 0.928. The van der Waals surface area contributed by atoms with Crippen LogP contribution in [0.4, 0.5) is 0 Å². The Morgan fingerprint density at radius 1 is 1.30 bits per heavy atom. The SMILES string of the molecule is COCCSCCN(C)C. The van der Waals surface area contributed by atoms with Crippen LogP contribution in [0.5, 0.6) is 0 Å². The van der Waals surface area contributed by atoms with Crippen LogP contribution >= 0.6 is 11.8 Å². The van der Waals surface area contributed by atoms with Crippen LogP contribution in [0.15, 0.2) is 0 Å². The number of hydrogen-bond donors (Lipinski definition) is 0. The van der Waals surface area contributed by atoms with Crippen LogP contribution < -0.4 is 0 Å². The highest BCUT2D eigenvalue weighted by atomic mass is 32.2. The topological polar surface area (TPSA) is 12.5 Å². The highest BCUT2D eigenvalue weighted by Gasteiger charge is 1.89. The molecule has 0 unspecified atom stereocenters. The first kappa shape index (κ1) is 10.3. The quantitative estimate of drug-likeness (QED) is 0.540. The van der Waals surface area contributed by atoms with E-state index < -0.39 is 0 Å². The zero-order valence-corrected chi connectivity index (χ0v) is 7.91. The molecule has 0 aliphatic rings. The normalized spacial score (nSPS) is 10.8. The van der Waals surface area contributed by atoms with Crippen LogP contribution in [0.3, 0.4) is 0 Å². The lowest BCUT2D eigenvalue weighted by Gasteiger charge is -2.07. The summed E-state index contributed by atoms with van der Waals surface area (Å²) < 4.78 is 4.91. The van der Waals surface area contributed by atoms with E-state index in [1.165, 1.54) is 5.75 Å². The molecule has 0 aromatic heterocycles. The van der Waals surface area contributed by atoms with Crippen molar-refractivity contribution < 1.29 is 4.74 Å². The molecule has 0 rings (SSSR count). The standard InChI is InChI=1S/C7H17NOS/c1-8(2)4-6-10-7-5-9-3/h4-7H2,1-3H3. The average molecular weight is 163 g/mol. The molecule has 2 nitrogen and oxygen atoms in total. The van der Waals surface area contributed by atoms with E-state index in [4.69, 9.17) is 4.74 Å². The molecule has 0 saturated carbocycles. The summed E-state index contributed by atoms with van der Waals surface area (Å²) in [6.45, 7) is 2.03. The van der Waals surface area contributed by atoms with Crippen LogP contribution in [0.2, 0.25) is 0 Å². The van der Waals surface area contributed by atoms with Gasteiger partial charge in [0, 0.05) is 25.2 Å². The fourth-order valence-electron chi connectivity index (χ4n) is 0.491. The van der Waals surface area contributed by atoms with Crippen LogP contribution in [0.1, 0.15) is 0 Å². The fraction of sp³-hybridized carbons (Fsp3) is 1.00. The van der Waals surface area contributed by atoms with Crippen LogP contribution in [-0.4, -0.2) is 50.8 Å². The summed E-state index contributed by atoms with van der Waals surface area (Å²) in [6, 6.07) is 0. The summed E-state index contributed by atoms with van der Waals surface area (Å²) in [5.74, 6) is 2.32. The lowest BCUT2D eigenvalue weighted by Crippen LogP contribution is -2.15. The number of hydrogen-bond acceptors (Lipinski definition) is 3. The van der Waals surface area contributed by atoms with Crippen LogP contribution in [0.25, 0.3) is 0 Å². The molecule has 0 atom stereocenters. The third kappa shape index (κ3) is 8.27. The number of methoxy groups -OCH3 is 1. The van der Waals surface area contributed by atoms with Gasteiger partial charge in [0.2, 0.25) is 0 Å². The van der Waals surface area contributed by atoms with Gasteiger partial charge >= 0.3 is 0 Å². The summed E-state index contributed by atoms with van der Waals surface area (Å²) in [7, 11) is 5.93. The molecule has 0 aromatic carbocycles. The molecule has 0 saturated heterocycles. The first-order valence-electron chi connectivity index (χ1n) is 3.48. The van der Waals surface area contributed by atoms with Gasteiger partial charge in [0.05, 0.1) is 6.61 Å². The van der Waals surface area contributed by atoms with Gasteiger partial charge < -0.3 is 9.64 Å². The maximum atomic E-state index is 4.91. The van der Waals surface area contributed by atoms with E-state index in [0.29, 0.717) is 0 Å².